The maximum absolute atomic E-state index is 3.75. The van der Waals surface area contributed by atoms with Crippen LogP contribution in [0.5, 0.6) is 0 Å². The van der Waals surface area contributed by atoms with E-state index in [0.717, 1.165) is 25.7 Å². The number of fused-ring (bicyclic) bond motifs is 4. The zero-order valence-corrected chi connectivity index (χ0v) is 18.6. The van der Waals surface area contributed by atoms with E-state index in [9.17, 15) is 0 Å². The van der Waals surface area contributed by atoms with E-state index in [1.54, 1.807) is 0 Å². The molecule has 0 nitrogen and oxygen atoms in total. The third-order valence-electron chi connectivity index (χ3n) is 7.73. The monoisotopic (exact) mass is 458 g/mol. The lowest BCUT2D eigenvalue weighted by Crippen LogP contribution is -1.99. The minimum Gasteiger partial charge on any atom is -0.0740 e. The molecule has 0 fully saturated rings. The third-order valence-corrected chi connectivity index (χ3v) is 8.45. The first-order valence-corrected chi connectivity index (χ1v) is 12.0. The van der Waals surface area contributed by atoms with Crippen LogP contribution in [0.3, 0.4) is 0 Å². The van der Waals surface area contributed by atoms with E-state index in [-0.39, 0.29) is 0 Å². The molecular formula is C30H19Br. The van der Waals surface area contributed by atoms with E-state index in [1.807, 2.05) is 0 Å². The molecule has 0 amide bonds. The summed E-state index contributed by atoms with van der Waals surface area (Å²) in [4.78, 5) is 0. The van der Waals surface area contributed by atoms with Gasteiger partial charge in [-0.3, -0.25) is 0 Å². The summed E-state index contributed by atoms with van der Waals surface area (Å²) in [5.41, 5.74) is 3.05. The Balaban J connectivity index is 1.64. The minimum absolute atomic E-state index is 1.10. The summed E-state index contributed by atoms with van der Waals surface area (Å²) in [5, 5.41) is 17.1. The average Bonchev–Trinajstić information content (AvgIpc) is 3.15. The van der Waals surface area contributed by atoms with Crippen molar-refractivity contribution in [3.63, 3.8) is 0 Å². The number of rotatable bonds is 0. The van der Waals surface area contributed by atoms with Gasteiger partial charge < -0.3 is 0 Å². The van der Waals surface area contributed by atoms with E-state index in [4.69, 9.17) is 0 Å². The molecular weight excluding hydrogens is 440 g/mol. The predicted molar refractivity (Wildman–Crippen MR) is 139 cm³/mol. The van der Waals surface area contributed by atoms with E-state index >= 15 is 0 Å². The van der Waals surface area contributed by atoms with Gasteiger partial charge in [0, 0.05) is 0 Å². The van der Waals surface area contributed by atoms with Crippen molar-refractivity contribution < 1.29 is 0 Å². The minimum atomic E-state index is 1.10. The van der Waals surface area contributed by atoms with Crippen molar-refractivity contribution in [2.75, 3.05) is 0 Å². The molecule has 0 N–H and O–H groups in total. The first-order chi connectivity index (χ1) is 15.3. The second-order valence-corrected chi connectivity index (χ2v) is 10.3. The lowest BCUT2D eigenvalue weighted by atomic mass is 9.88. The van der Waals surface area contributed by atoms with Crippen molar-refractivity contribution in [2.45, 2.75) is 25.7 Å². The van der Waals surface area contributed by atoms with Crippen LogP contribution < -0.4 is 0 Å². The van der Waals surface area contributed by atoms with Crippen LogP contribution in [0.4, 0.5) is 0 Å². The summed E-state index contributed by atoms with van der Waals surface area (Å²) in [6, 6.07) is 23.7. The lowest BCUT2D eigenvalue weighted by Gasteiger charge is -2.17. The zero-order chi connectivity index (χ0) is 20.3. The van der Waals surface area contributed by atoms with E-state index in [1.165, 1.54) is 80.2 Å². The maximum atomic E-state index is 3.75. The van der Waals surface area contributed by atoms with Crippen molar-refractivity contribution in [3.05, 3.63) is 82.3 Å². The molecule has 8 rings (SSSR count). The highest BCUT2D eigenvalue weighted by atomic mass is 79.9. The van der Waals surface area contributed by atoms with Crippen molar-refractivity contribution in [3.8, 4) is 0 Å². The van der Waals surface area contributed by atoms with Crippen LogP contribution in [0.1, 0.15) is 24.0 Å². The van der Waals surface area contributed by atoms with Crippen molar-refractivity contribution in [1.29, 1.82) is 0 Å². The fraction of sp³-hybridized carbons (Fsp3) is 0.133. The predicted octanol–water partition coefficient (Wildman–Crippen LogP) is 9.08. The Morgan fingerprint density at radius 3 is 1.55 bits per heavy atom. The highest BCUT2D eigenvalue weighted by molar-refractivity contribution is 9.11. The van der Waals surface area contributed by atoms with Gasteiger partial charge in [0.25, 0.3) is 0 Å². The van der Waals surface area contributed by atoms with Gasteiger partial charge in [0.1, 0.15) is 0 Å². The van der Waals surface area contributed by atoms with Gasteiger partial charge in [0.05, 0.1) is 0 Å². The van der Waals surface area contributed by atoms with Crippen LogP contribution in [0, 0.1) is 0 Å². The highest BCUT2D eigenvalue weighted by Gasteiger charge is 2.22. The highest BCUT2D eigenvalue weighted by Crippen LogP contribution is 2.50. The smallest absolute Gasteiger partial charge is 0.000741 e. The molecule has 7 aromatic rings. The SMILES string of the molecule is Br/C1=C/CCc2cc3c(cc2CC1)c1ccc2ccc4ccc5ccc3c3c5c4c2c13. The molecule has 0 unspecified atom stereocenters. The molecule has 0 aromatic heterocycles. The van der Waals surface area contributed by atoms with Crippen LogP contribution in [0.2, 0.25) is 0 Å². The van der Waals surface area contributed by atoms with Gasteiger partial charge in [-0.15, -0.1) is 0 Å². The van der Waals surface area contributed by atoms with E-state index < -0.39 is 0 Å². The normalized spacial score (nSPS) is 17.3. The van der Waals surface area contributed by atoms with Gasteiger partial charge in [0.2, 0.25) is 0 Å². The Bertz CT molecular complexity index is 1830. The van der Waals surface area contributed by atoms with E-state index in [2.05, 4.69) is 82.7 Å². The topological polar surface area (TPSA) is 0 Å². The molecule has 1 heteroatoms. The molecule has 0 radical (unpaired) electrons. The number of halogens is 1. The van der Waals surface area contributed by atoms with Crippen LogP contribution in [-0.4, -0.2) is 0 Å². The second kappa shape index (κ2) is 5.66. The number of benzene rings is 6. The fourth-order valence-corrected chi connectivity index (χ4v) is 6.79. The molecule has 0 saturated carbocycles. The molecule has 0 aliphatic heterocycles. The number of hydrogen-bond donors (Lipinski definition) is 0. The Labute approximate surface area is 188 Å². The summed E-state index contributed by atoms with van der Waals surface area (Å²) in [6.45, 7) is 0. The van der Waals surface area contributed by atoms with Crippen LogP contribution >= 0.6 is 15.9 Å². The quantitative estimate of drug-likeness (QED) is 0.199. The molecule has 0 bridgehead atoms. The van der Waals surface area contributed by atoms with Crippen LogP contribution in [0.25, 0.3) is 64.6 Å². The van der Waals surface area contributed by atoms with E-state index in [0.29, 0.717) is 0 Å². The summed E-state index contributed by atoms with van der Waals surface area (Å²) < 4.78 is 1.35. The van der Waals surface area contributed by atoms with Crippen molar-refractivity contribution >= 4 is 80.6 Å². The Hall–Kier alpha value is -2.90. The molecule has 0 heterocycles. The Morgan fingerprint density at radius 1 is 0.484 bits per heavy atom. The zero-order valence-electron chi connectivity index (χ0n) is 17.1. The van der Waals surface area contributed by atoms with Gasteiger partial charge in [-0.2, -0.15) is 0 Å². The largest absolute Gasteiger partial charge is 0.0740 e. The summed E-state index contributed by atoms with van der Waals surface area (Å²) >= 11 is 3.75. The molecule has 1 aliphatic carbocycles. The summed E-state index contributed by atoms with van der Waals surface area (Å²) in [6.07, 6.45) is 6.80. The Kier molecular flexibility index (Phi) is 3.06. The number of hydrogen-bond acceptors (Lipinski definition) is 0. The molecule has 0 spiro atoms. The third kappa shape index (κ3) is 2.01. The molecule has 31 heavy (non-hydrogen) atoms. The number of allylic oxidation sites excluding steroid dienone is 2. The standard InChI is InChI=1S/C30H19Br/c31-21-3-1-2-19-14-24-22-12-9-17-6-4-16-5-7-18-10-13-23(25(24)15-20(19)8-11-21)30-28(18)26(16)27(17)29(22)30/h3-7,9-10,12-15H,1-2,8,11H2/b21-3+. The van der Waals surface area contributed by atoms with Gasteiger partial charge >= 0.3 is 0 Å². The molecule has 1 aliphatic rings. The molecule has 7 aromatic carbocycles. The second-order valence-electron chi connectivity index (χ2n) is 9.26. The van der Waals surface area contributed by atoms with Gasteiger partial charge in [-0.05, 0) is 106 Å². The fourth-order valence-electron chi connectivity index (χ4n) is 6.36. The van der Waals surface area contributed by atoms with Gasteiger partial charge in [-0.25, -0.2) is 0 Å². The van der Waals surface area contributed by atoms with Crippen LogP contribution in [0.15, 0.2) is 71.2 Å². The summed E-state index contributed by atoms with van der Waals surface area (Å²) in [5.74, 6) is 0. The summed E-state index contributed by atoms with van der Waals surface area (Å²) in [7, 11) is 0. The average molecular weight is 459 g/mol. The molecule has 0 saturated heterocycles. The van der Waals surface area contributed by atoms with Crippen LogP contribution in [-0.2, 0) is 12.8 Å². The number of aryl methyl sites for hydroxylation is 2. The first kappa shape index (κ1) is 16.8. The lowest BCUT2D eigenvalue weighted by molar-refractivity contribution is 0.890. The van der Waals surface area contributed by atoms with Crippen molar-refractivity contribution in [2.24, 2.45) is 0 Å². The first-order valence-electron chi connectivity index (χ1n) is 11.2. The molecule has 0 atom stereocenters. The van der Waals surface area contributed by atoms with Gasteiger partial charge in [0.15, 0.2) is 0 Å². The maximum Gasteiger partial charge on any atom is -0.000741 e. The molecule has 146 valence electrons. The Morgan fingerprint density at radius 2 is 0.968 bits per heavy atom. The van der Waals surface area contributed by atoms with Gasteiger partial charge in [-0.1, -0.05) is 82.7 Å². The van der Waals surface area contributed by atoms with Crippen molar-refractivity contribution in [1.82, 2.24) is 0 Å².